The third-order valence-corrected chi connectivity index (χ3v) is 4.12. The summed E-state index contributed by atoms with van der Waals surface area (Å²) in [5.74, 6) is -0.830. The van der Waals surface area contributed by atoms with E-state index in [-0.39, 0.29) is 19.3 Å². The first-order chi connectivity index (χ1) is 12.9. The van der Waals surface area contributed by atoms with Gasteiger partial charge in [0.2, 0.25) is 0 Å². The first kappa shape index (κ1) is 24.9. The van der Waals surface area contributed by atoms with Crippen molar-refractivity contribution in [3.8, 4) is 0 Å². The van der Waals surface area contributed by atoms with Gasteiger partial charge in [-0.1, -0.05) is 20.8 Å². The molecule has 1 N–H and O–H groups in total. The van der Waals surface area contributed by atoms with Gasteiger partial charge in [0.25, 0.3) is 0 Å². The van der Waals surface area contributed by atoms with E-state index in [1.165, 1.54) is 0 Å². The minimum Gasteiger partial charge on any atom is -0.443 e. The molecule has 0 aromatic carbocycles. The van der Waals surface area contributed by atoms with Crippen LogP contribution in [0.1, 0.15) is 88.0 Å². The minimum absolute atomic E-state index is 0.0635. The fraction of sp³-hybridized carbons (Fsp3) is 0.810. The van der Waals surface area contributed by atoms with Crippen molar-refractivity contribution >= 4 is 23.8 Å². The molecule has 0 aromatic heterocycles. The van der Waals surface area contributed by atoms with Crippen molar-refractivity contribution in [2.75, 3.05) is 0 Å². The van der Waals surface area contributed by atoms with Gasteiger partial charge in [0.1, 0.15) is 11.2 Å². The Balaban J connectivity index is 3.40. The molecule has 0 heterocycles. The molecule has 0 bridgehead atoms. The second-order valence-corrected chi connectivity index (χ2v) is 10.7. The summed E-state index contributed by atoms with van der Waals surface area (Å²) in [6, 6.07) is 0. The van der Waals surface area contributed by atoms with Gasteiger partial charge in [-0.25, -0.2) is 15.0 Å². The zero-order valence-corrected chi connectivity index (χ0v) is 19.2. The molecule has 1 aliphatic rings. The molecule has 0 aliphatic heterocycles. The number of ether oxygens (including phenoxy) is 2. The normalized spacial score (nSPS) is 20.2. The van der Waals surface area contributed by atoms with Crippen LogP contribution in [-0.4, -0.2) is 45.5 Å². The average molecular weight is 413 g/mol. The number of amides is 2. The number of hydrogen-bond acceptors (Lipinski definition) is 6. The molecule has 1 unspecified atom stereocenters. The Morgan fingerprint density at radius 1 is 0.966 bits per heavy atom. The molecule has 1 rings (SSSR count). The Morgan fingerprint density at radius 3 is 1.86 bits per heavy atom. The number of nitrogens with one attached hydrogen (secondary N) is 1. The summed E-state index contributed by atoms with van der Waals surface area (Å²) in [5.41, 5.74) is -1.59. The van der Waals surface area contributed by atoms with Crippen molar-refractivity contribution in [3.05, 3.63) is 0 Å². The molecule has 8 nitrogen and oxygen atoms in total. The van der Waals surface area contributed by atoms with Crippen LogP contribution in [0.2, 0.25) is 0 Å². The lowest BCUT2D eigenvalue weighted by atomic mass is 9.80. The Bertz CT molecular complexity index is 666. The summed E-state index contributed by atoms with van der Waals surface area (Å²) in [6.45, 7) is 15.6. The lowest BCUT2D eigenvalue weighted by Crippen LogP contribution is -2.67. The molecule has 2 amide bonds. The molecule has 166 valence electrons. The molecule has 1 saturated carbocycles. The van der Waals surface area contributed by atoms with E-state index < -0.39 is 45.9 Å². The Hall–Kier alpha value is -2.12. The van der Waals surface area contributed by atoms with E-state index >= 15 is 0 Å². The van der Waals surface area contributed by atoms with Crippen molar-refractivity contribution in [1.29, 1.82) is 0 Å². The highest BCUT2D eigenvalue weighted by molar-refractivity contribution is 6.14. The molecule has 0 spiro atoms. The number of ketones is 2. The Morgan fingerprint density at radius 2 is 1.48 bits per heavy atom. The molecular weight excluding hydrogens is 376 g/mol. The number of hydrogen-bond donors (Lipinski definition) is 1. The van der Waals surface area contributed by atoms with E-state index in [1.54, 1.807) is 41.5 Å². The Labute approximate surface area is 173 Å². The van der Waals surface area contributed by atoms with Crippen LogP contribution < -0.4 is 5.43 Å². The quantitative estimate of drug-likeness (QED) is 0.552. The van der Waals surface area contributed by atoms with Crippen LogP contribution in [0.25, 0.3) is 0 Å². The van der Waals surface area contributed by atoms with E-state index in [9.17, 15) is 19.2 Å². The highest BCUT2D eigenvalue weighted by atomic mass is 16.6. The Kier molecular flexibility index (Phi) is 7.15. The molecule has 8 heteroatoms. The summed E-state index contributed by atoms with van der Waals surface area (Å²) in [6.07, 6.45) is -1.15. The van der Waals surface area contributed by atoms with Crippen molar-refractivity contribution in [2.24, 2.45) is 5.41 Å². The minimum atomic E-state index is -1.80. The maximum absolute atomic E-state index is 13.3. The number of Topliss-reactive ketones (excluding diaryl/α,β-unsaturated/α-hetero) is 2. The summed E-state index contributed by atoms with van der Waals surface area (Å²) in [7, 11) is 0. The zero-order valence-electron chi connectivity index (χ0n) is 19.2. The first-order valence-electron chi connectivity index (χ1n) is 9.97. The molecule has 1 atom stereocenters. The second kappa shape index (κ2) is 8.32. The molecule has 1 fully saturated rings. The van der Waals surface area contributed by atoms with Crippen molar-refractivity contribution in [1.82, 2.24) is 10.4 Å². The average Bonchev–Trinajstić information content (AvgIpc) is 2.81. The van der Waals surface area contributed by atoms with Crippen LogP contribution in [0.4, 0.5) is 9.59 Å². The fourth-order valence-corrected chi connectivity index (χ4v) is 3.13. The van der Waals surface area contributed by atoms with Crippen LogP contribution in [0, 0.1) is 5.41 Å². The number of rotatable bonds is 3. The van der Waals surface area contributed by atoms with Gasteiger partial charge in [-0.3, -0.25) is 9.59 Å². The molecule has 0 radical (unpaired) electrons. The van der Waals surface area contributed by atoms with Crippen LogP contribution in [-0.2, 0) is 19.1 Å². The molecule has 0 saturated heterocycles. The predicted octanol–water partition coefficient (Wildman–Crippen LogP) is 4.16. The van der Waals surface area contributed by atoms with Crippen LogP contribution in [0.15, 0.2) is 0 Å². The topological polar surface area (TPSA) is 102 Å². The number of carbonyl (C=O) groups excluding carboxylic acids is 4. The molecular formula is C21H36N2O6. The van der Waals surface area contributed by atoms with Crippen molar-refractivity contribution in [2.45, 2.75) is 105 Å². The highest BCUT2D eigenvalue weighted by Crippen LogP contribution is 2.37. The monoisotopic (exact) mass is 412 g/mol. The largest absolute Gasteiger partial charge is 0.443 e. The maximum Gasteiger partial charge on any atom is 0.430 e. The fourth-order valence-electron chi connectivity index (χ4n) is 3.13. The molecule has 29 heavy (non-hydrogen) atoms. The predicted molar refractivity (Wildman–Crippen MR) is 108 cm³/mol. The van der Waals surface area contributed by atoms with Gasteiger partial charge >= 0.3 is 12.2 Å². The van der Waals surface area contributed by atoms with Gasteiger partial charge in [-0.15, -0.1) is 0 Å². The van der Waals surface area contributed by atoms with Crippen LogP contribution in [0.3, 0.4) is 0 Å². The van der Waals surface area contributed by atoms with E-state index in [2.05, 4.69) is 5.43 Å². The lowest BCUT2D eigenvalue weighted by molar-refractivity contribution is -0.144. The van der Waals surface area contributed by atoms with Gasteiger partial charge in [0.05, 0.1) is 0 Å². The number of nitrogens with zero attached hydrogens (tertiary/aromatic N) is 1. The van der Waals surface area contributed by atoms with Gasteiger partial charge in [-0.2, -0.15) is 5.01 Å². The summed E-state index contributed by atoms with van der Waals surface area (Å²) >= 11 is 0. The van der Waals surface area contributed by atoms with E-state index in [0.29, 0.717) is 6.42 Å². The third kappa shape index (κ3) is 7.01. The maximum atomic E-state index is 13.3. The van der Waals surface area contributed by atoms with Crippen LogP contribution in [0.5, 0.6) is 0 Å². The third-order valence-electron chi connectivity index (χ3n) is 4.12. The number of hydrazine groups is 1. The summed E-state index contributed by atoms with van der Waals surface area (Å²) in [4.78, 5) is 51.7. The second-order valence-electron chi connectivity index (χ2n) is 10.7. The van der Waals surface area contributed by atoms with Gasteiger partial charge < -0.3 is 9.47 Å². The number of carbonyl (C=O) groups is 4. The van der Waals surface area contributed by atoms with Crippen LogP contribution >= 0.6 is 0 Å². The SMILES string of the molecule is CC(C)(C)CC(=O)C1(N(NC(=O)OC(C)(C)C)C(=O)OC(C)(C)C)CCCC1=O. The summed E-state index contributed by atoms with van der Waals surface area (Å²) in [5, 5.41) is 0.760. The lowest BCUT2D eigenvalue weighted by Gasteiger charge is -2.40. The smallest absolute Gasteiger partial charge is 0.430 e. The summed E-state index contributed by atoms with van der Waals surface area (Å²) < 4.78 is 10.7. The van der Waals surface area contributed by atoms with E-state index in [0.717, 1.165) is 5.01 Å². The standard InChI is InChI=1S/C21H36N2O6/c1-18(2,3)13-15(25)21(12-10-11-14(21)24)23(17(27)29-20(7,8)9)22-16(26)28-19(4,5)6/h10-13H2,1-9H3,(H,22,26). The van der Waals surface area contributed by atoms with Gasteiger partial charge in [-0.05, 0) is 59.8 Å². The molecule has 1 aliphatic carbocycles. The van der Waals surface area contributed by atoms with Gasteiger partial charge in [0, 0.05) is 12.8 Å². The van der Waals surface area contributed by atoms with Gasteiger partial charge in [0.15, 0.2) is 17.1 Å². The van der Waals surface area contributed by atoms with Crippen molar-refractivity contribution < 1.29 is 28.7 Å². The zero-order chi connectivity index (χ0) is 22.8. The van der Waals surface area contributed by atoms with E-state index in [4.69, 9.17) is 9.47 Å². The highest BCUT2D eigenvalue weighted by Gasteiger charge is 2.57. The molecule has 0 aromatic rings. The van der Waals surface area contributed by atoms with Crippen molar-refractivity contribution in [3.63, 3.8) is 0 Å². The van der Waals surface area contributed by atoms with E-state index in [1.807, 2.05) is 20.8 Å². The first-order valence-corrected chi connectivity index (χ1v) is 9.97.